The lowest BCUT2D eigenvalue weighted by molar-refractivity contribution is -0.119. The predicted octanol–water partition coefficient (Wildman–Crippen LogP) is 4.16. The molecule has 4 aromatic heterocycles. The molecule has 8 nitrogen and oxygen atoms in total. The number of hydrogen-bond donors (Lipinski definition) is 0. The van der Waals surface area contributed by atoms with E-state index in [1.165, 1.54) is 18.3 Å². The lowest BCUT2D eigenvalue weighted by atomic mass is 10.1. The lowest BCUT2D eigenvalue weighted by Crippen LogP contribution is -2.36. The van der Waals surface area contributed by atoms with Crippen LogP contribution in [0.1, 0.15) is 40.8 Å². The molecule has 1 amide bonds. The number of rotatable bonds is 6. The van der Waals surface area contributed by atoms with Gasteiger partial charge in [0.05, 0.1) is 27.9 Å². The molecule has 0 unspecified atom stereocenters. The Hall–Kier alpha value is -3.33. The Bertz CT molecular complexity index is 1300. The highest BCUT2D eigenvalue weighted by molar-refractivity contribution is 7.17. The number of anilines is 1. The molecule has 1 saturated carbocycles. The number of Topliss-reactive ketones (excluding diaryl/α,β-unsaturated/α-hetero) is 1. The topological polar surface area (TPSA) is 94.1 Å². The summed E-state index contributed by atoms with van der Waals surface area (Å²) in [6, 6.07) is 5.74. The van der Waals surface area contributed by atoms with Gasteiger partial charge in [-0.1, -0.05) is 11.3 Å². The fourth-order valence-electron chi connectivity index (χ4n) is 3.84. The first-order valence-corrected chi connectivity index (χ1v) is 10.9. The molecule has 0 N–H and O–H groups in total. The second kappa shape index (κ2) is 7.42. The normalized spacial score (nSPS) is 13.6. The second-order valence-electron chi connectivity index (χ2n) is 7.74. The third kappa shape index (κ3) is 3.44. The third-order valence-corrected chi connectivity index (χ3v) is 6.63. The van der Waals surface area contributed by atoms with Crippen LogP contribution in [0.25, 0.3) is 22.4 Å². The summed E-state index contributed by atoms with van der Waals surface area (Å²) in [5.41, 5.74) is 2.97. The molecule has 0 radical (unpaired) electrons. The average molecular weight is 436 g/mol. The molecule has 0 bridgehead atoms. The van der Waals surface area contributed by atoms with E-state index in [0.29, 0.717) is 21.3 Å². The summed E-state index contributed by atoms with van der Waals surface area (Å²) in [5.74, 6) is 0.588. The number of ketones is 1. The minimum atomic E-state index is -0.110. The van der Waals surface area contributed by atoms with E-state index in [0.717, 1.165) is 35.2 Å². The monoisotopic (exact) mass is 435 g/mol. The van der Waals surface area contributed by atoms with Crippen LogP contribution in [0.4, 0.5) is 5.13 Å². The minimum Gasteiger partial charge on any atom is -0.464 e. The zero-order valence-electron chi connectivity index (χ0n) is 17.5. The zero-order chi connectivity index (χ0) is 21.7. The third-order valence-electron chi connectivity index (χ3n) is 5.37. The van der Waals surface area contributed by atoms with Crippen molar-refractivity contribution in [1.29, 1.82) is 0 Å². The Morgan fingerprint density at radius 3 is 2.71 bits per heavy atom. The predicted molar refractivity (Wildman–Crippen MR) is 117 cm³/mol. The first-order valence-electron chi connectivity index (χ1n) is 10.1. The van der Waals surface area contributed by atoms with Crippen molar-refractivity contribution in [1.82, 2.24) is 19.7 Å². The van der Waals surface area contributed by atoms with Gasteiger partial charge in [-0.2, -0.15) is 5.10 Å². The highest BCUT2D eigenvalue weighted by Gasteiger charge is 2.36. The molecular weight excluding hydrogens is 414 g/mol. The van der Waals surface area contributed by atoms with Crippen LogP contribution in [0.2, 0.25) is 0 Å². The molecular formula is C22H21N5O3S. The summed E-state index contributed by atoms with van der Waals surface area (Å²) < 4.78 is 7.21. The van der Waals surface area contributed by atoms with Crippen molar-refractivity contribution in [3.63, 3.8) is 0 Å². The van der Waals surface area contributed by atoms with E-state index in [1.54, 1.807) is 29.0 Å². The average Bonchev–Trinajstić information content (AvgIpc) is 3.12. The van der Waals surface area contributed by atoms with Crippen molar-refractivity contribution >= 4 is 39.2 Å². The van der Waals surface area contributed by atoms with Crippen molar-refractivity contribution in [2.24, 2.45) is 0 Å². The summed E-state index contributed by atoms with van der Waals surface area (Å²) >= 11 is 1.28. The number of pyridine rings is 1. The molecule has 9 heteroatoms. The van der Waals surface area contributed by atoms with Gasteiger partial charge in [-0.25, -0.2) is 14.6 Å². The highest BCUT2D eigenvalue weighted by atomic mass is 32.1. The number of amides is 1. The number of furan rings is 1. The molecule has 1 aliphatic carbocycles. The molecule has 31 heavy (non-hydrogen) atoms. The molecule has 0 spiro atoms. The Morgan fingerprint density at radius 2 is 2.06 bits per heavy atom. The second-order valence-corrected chi connectivity index (χ2v) is 8.72. The van der Waals surface area contributed by atoms with Gasteiger partial charge in [0, 0.05) is 24.7 Å². The maximum Gasteiger partial charge on any atom is 0.250 e. The van der Waals surface area contributed by atoms with Crippen molar-refractivity contribution < 1.29 is 14.0 Å². The van der Waals surface area contributed by atoms with Crippen LogP contribution >= 0.6 is 11.3 Å². The summed E-state index contributed by atoms with van der Waals surface area (Å²) in [6.07, 6.45) is 5.19. The van der Waals surface area contributed by atoms with Gasteiger partial charge in [-0.15, -0.1) is 0 Å². The largest absolute Gasteiger partial charge is 0.464 e. The Balaban J connectivity index is 1.50. The smallest absolute Gasteiger partial charge is 0.250 e. The molecule has 4 heterocycles. The maximum atomic E-state index is 13.4. The molecule has 0 aromatic carbocycles. The molecule has 5 rings (SSSR count). The number of hydrogen-bond acceptors (Lipinski definition) is 7. The fraction of sp³-hybridized carbons (Fsp3) is 0.318. The maximum absolute atomic E-state index is 13.4. The molecule has 4 aromatic rings. The number of nitrogens with zero attached hydrogens (tertiary/aromatic N) is 5. The Labute approximate surface area is 182 Å². The summed E-state index contributed by atoms with van der Waals surface area (Å²) in [4.78, 5) is 36.5. The van der Waals surface area contributed by atoms with Crippen molar-refractivity contribution in [2.45, 2.75) is 46.2 Å². The van der Waals surface area contributed by atoms with Crippen molar-refractivity contribution in [2.75, 3.05) is 4.90 Å². The fourth-order valence-corrected chi connectivity index (χ4v) is 4.90. The van der Waals surface area contributed by atoms with Gasteiger partial charge in [0.25, 0.3) is 5.91 Å². The summed E-state index contributed by atoms with van der Waals surface area (Å²) in [7, 11) is 0. The molecule has 0 saturated heterocycles. The standard InChI is InChI=1S/C22H21N5O3S/c1-12-19-16(17-5-4-10-30-17)8-9-23-21(19)26(25-12)11-18(29)27(15-6-7-15)22-24-13(2)20(31-22)14(3)28/h4-5,8-10,15H,6-7,11H2,1-3H3. The summed E-state index contributed by atoms with van der Waals surface area (Å²) in [6.45, 7) is 5.27. The zero-order valence-corrected chi connectivity index (χ0v) is 18.3. The van der Waals surface area contributed by atoms with Gasteiger partial charge in [0.2, 0.25) is 0 Å². The van der Waals surface area contributed by atoms with Crippen LogP contribution < -0.4 is 4.90 Å². The van der Waals surface area contributed by atoms with Gasteiger partial charge in [-0.3, -0.25) is 14.5 Å². The van der Waals surface area contributed by atoms with Crippen LogP contribution in [-0.4, -0.2) is 37.5 Å². The van der Waals surface area contributed by atoms with E-state index < -0.39 is 0 Å². The lowest BCUT2D eigenvalue weighted by Gasteiger charge is -2.19. The highest BCUT2D eigenvalue weighted by Crippen LogP contribution is 2.36. The van der Waals surface area contributed by atoms with E-state index in [1.807, 2.05) is 25.1 Å². The Kier molecular flexibility index (Phi) is 4.70. The van der Waals surface area contributed by atoms with Crippen LogP contribution in [0.3, 0.4) is 0 Å². The van der Waals surface area contributed by atoms with Crippen LogP contribution in [0.15, 0.2) is 35.1 Å². The van der Waals surface area contributed by atoms with Crippen molar-refractivity contribution in [3.05, 3.63) is 46.9 Å². The van der Waals surface area contributed by atoms with E-state index in [9.17, 15) is 9.59 Å². The SMILES string of the molecule is CC(=O)c1sc(N(C(=O)Cn2nc(C)c3c(-c4ccco4)ccnc32)C2CC2)nc1C. The van der Waals surface area contributed by atoms with Gasteiger partial charge >= 0.3 is 0 Å². The van der Waals surface area contributed by atoms with Crippen LogP contribution in [0, 0.1) is 13.8 Å². The number of aromatic nitrogens is 4. The van der Waals surface area contributed by atoms with E-state index in [-0.39, 0.29) is 24.3 Å². The van der Waals surface area contributed by atoms with Crippen LogP contribution in [-0.2, 0) is 11.3 Å². The van der Waals surface area contributed by atoms with E-state index in [2.05, 4.69) is 15.1 Å². The molecule has 158 valence electrons. The van der Waals surface area contributed by atoms with Gasteiger partial charge in [0.1, 0.15) is 12.3 Å². The van der Waals surface area contributed by atoms with Crippen molar-refractivity contribution in [3.8, 4) is 11.3 Å². The van der Waals surface area contributed by atoms with E-state index in [4.69, 9.17) is 4.42 Å². The van der Waals surface area contributed by atoms with Gasteiger partial charge < -0.3 is 4.42 Å². The number of carbonyl (C=O) groups excluding carboxylic acids is 2. The van der Waals surface area contributed by atoms with E-state index >= 15 is 0 Å². The van der Waals surface area contributed by atoms with Gasteiger partial charge in [0.15, 0.2) is 16.6 Å². The first-order chi connectivity index (χ1) is 14.9. The number of thiazole rings is 1. The number of aryl methyl sites for hydroxylation is 2. The quantitative estimate of drug-likeness (QED) is 0.422. The molecule has 1 aliphatic rings. The van der Waals surface area contributed by atoms with Crippen LogP contribution in [0.5, 0.6) is 0 Å². The molecule has 0 aliphatic heterocycles. The number of fused-ring (bicyclic) bond motifs is 1. The Morgan fingerprint density at radius 1 is 1.26 bits per heavy atom. The minimum absolute atomic E-state index is 0.0344. The first kappa shape index (κ1) is 19.6. The number of carbonyl (C=O) groups is 2. The van der Waals surface area contributed by atoms with Gasteiger partial charge in [-0.05, 0) is 44.9 Å². The molecule has 1 fully saturated rings. The summed E-state index contributed by atoms with van der Waals surface area (Å²) in [5, 5.41) is 6.05. The molecule has 0 atom stereocenters.